The van der Waals surface area contributed by atoms with E-state index in [4.69, 9.17) is 16.3 Å². The maximum atomic E-state index is 13.3. The molecule has 1 aromatic carbocycles. The molecule has 1 aromatic rings. The number of esters is 1. The summed E-state index contributed by atoms with van der Waals surface area (Å²) in [5.74, 6) is -0.853. The van der Waals surface area contributed by atoms with E-state index in [9.17, 15) is 9.18 Å². The zero-order chi connectivity index (χ0) is 12.7. The van der Waals surface area contributed by atoms with Gasteiger partial charge in [-0.2, -0.15) is 0 Å². The number of anilines is 1. The van der Waals surface area contributed by atoms with Crippen molar-refractivity contribution >= 4 is 23.3 Å². The van der Waals surface area contributed by atoms with E-state index in [1.165, 1.54) is 18.2 Å². The Morgan fingerprint density at radius 3 is 3.00 bits per heavy atom. The maximum Gasteiger partial charge on any atom is 0.325 e. The predicted molar refractivity (Wildman–Crippen MR) is 65.8 cm³/mol. The van der Waals surface area contributed by atoms with E-state index < -0.39 is 11.8 Å². The highest BCUT2D eigenvalue weighted by molar-refractivity contribution is 6.30. The molecule has 0 aromatic heterocycles. The van der Waals surface area contributed by atoms with Crippen molar-refractivity contribution < 1.29 is 13.9 Å². The number of hydrogen-bond acceptors (Lipinski definition) is 3. The number of hydrogen-bond donors (Lipinski definition) is 1. The highest BCUT2D eigenvalue weighted by atomic mass is 35.5. The Hall–Kier alpha value is -1.29. The van der Waals surface area contributed by atoms with Crippen LogP contribution in [-0.2, 0) is 9.53 Å². The van der Waals surface area contributed by atoms with Crippen LogP contribution in [0.15, 0.2) is 18.2 Å². The lowest BCUT2D eigenvalue weighted by atomic mass is 10.3. The SMILES string of the molecule is CCCCOC(=O)CNc1cc(Cl)ccc1F. The van der Waals surface area contributed by atoms with E-state index >= 15 is 0 Å². The number of benzene rings is 1. The number of carbonyl (C=O) groups excluding carboxylic acids is 1. The van der Waals surface area contributed by atoms with E-state index in [2.05, 4.69) is 5.32 Å². The summed E-state index contributed by atoms with van der Waals surface area (Å²) >= 11 is 5.71. The molecule has 0 fully saturated rings. The first kappa shape index (κ1) is 13.8. The molecule has 0 saturated heterocycles. The summed E-state index contributed by atoms with van der Waals surface area (Å²) in [6.07, 6.45) is 1.79. The fraction of sp³-hybridized carbons (Fsp3) is 0.417. The molecule has 0 aliphatic carbocycles. The topological polar surface area (TPSA) is 38.3 Å². The van der Waals surface area contributed by atoms with E-state index in [0.29, 0.717) is 11.6 Å². The van der Waals surface area contributed by atoms with Crippen molar-refractivity contribution in [2.24, 2.45) is 0 Å². The van der Waals surface area contributed by atoms with Crippen LogP contribution < -0.4 is 5.32 Å². The highest BCUT2D eigenvalue weighted by Gasteiger charge is 2.06. The minimum absolute atomic E-state index is 0.0685. The molecule has 17 heavy (non-hydrogen) atoms. The van der Waals surface area contributed by atoms with Gasteiger partial charge in [-0.05, 0) is 24.6 Å². The monoisotopic (exact) mass is 259 g/mol. The minimum atomic E-state index is -0.448. The molecule has 0 aliphatic rings. The average Bonchev–Trinajstić information content (AvgIpc) is 2.31. The molecule has 1 N–H and O–H groups in total. The normalized spacial score (nSPS) is 10.1. The van der Waals surface area contributed by atoms with E-state index in [0.717, 1.165) is 12.8 Å². The Morgan fingerprint density at radius 2 is 2.29 bits per heavy atom. The molecule has 0 radical (unpaired) electrons. The largest absolute Gasteiger partial charge is 0.464 e. The van der Waals surface area contributed by atoms with Gasteiger partial charge in [-0.3, -0.25) is 4.79 Å². The van der Waals surface area contributed by atoms with Crippen LogP contribution in [0.1, 0.15) is 19.8 Å². The van der Waals surface area contributed by atoms with Crippen LogP contribution >= 0.6 is 11.6 Å². The van der Waals surface area contributed by atoms with Crippen LogP contribution in [0.2, 0.25) is 5.02 Å². The Morgan fingerprint density at radius 1 is 1.53 bits per heavy atom. The summed E-state index contributed by atoms with van der Waals surface area (Å²) in [6, 6.07) is 4.12. The second-order valence-electron chi connectivity index (χ2n) is 3.55. The summed E-state index contributed by atoms with van der Waals surface area (Å²) in [6.45, 7) is 2.34. The summed E-state index contributed by atoms with van der Waals surface area (Å²) in [7, 11) is 0. The van der Waals surface area contributed by atoms with Gasteiger partial charge in [-0.1, -0.05) is 24.9 Å². The maximum absolute atomic E-state index is 13.3. The third-order valence-electron chi connectivity index (χ3n) is 2.11. The van der Waals surface area contributed by atoms with Gasteiger partial charge in [0.2, 0.25) is 0 Å². The molecule has 0 amide bonds. The lowest BCUT2D eigenvalue weighted by molar-refractivity contribution is -0.141. The van der Waals surface area contributed by atoms with Gasteiger partial charge in [-0.25, -0.2) is 4.39 Å². The first-order valence-electron chi connectivity index (χ1n) is 5.48. The van der Waals surface area contributed by atoms with Crippen molar-refractivity contribution in [3.63, 3.8) is 0 Å². The van der Waals surface area contributed by atoms with Crippen molar-refractivity contribution in [1.29, 1.82) is 0 Å². The Labute approximate surface area is 105 Å². The van der Waals surface area contributed by atoms with E-state index in [-0.39, 0.29) is 12.2 Å². The van der Waals surface area contributed by atoms with Gasteiger partial charge < -0.3 is 10.1 Å². The van der Waals surface area contributed by atoms with Crippen LogP contribution in [-0.4, -0.2) is 19.1 Å². The van der Waals surface area contributed by atoms with Gasteiger partial charge in [0, 0.05) is 5.02 Å². The number of unbranched alkanes of at least 4 members (excludes halogenated alkanes) is 1. The van der Waals surface area contributed by atoms with Gasteiger partial charge in [-0.15, -0.1) is 0 Å². The van der Waals surface area contributed by atoms with Crippen LogP contribution in [0.5, 0.6) is 0 Å². The zero-order valence-electron chi connectivity index (χ0n) is 9.63. The van der Waals surface area contributed by atoms with E-state index in [1.807, 2.05) is 6.92 Å². The van der Waals surface area contributed by atoms with Crippen molar-refractivity contribution in [3.05, 3.63) is 29.0 Å². The van der Waals surface area contributed by atoms with E-state index in [1.54, 1.807) is 0 Å². The Balaban J connectivity index is 2.39. The molecule has 5 heteroatoms. The van der Waals surface area contributed by atoms with Crippen LogP contribution in [0, 0.1) is 5.82 Å². The third-order valence-corrected chi connectivity index (χ3v) is 2.35. The molecule has 94 valence electrons. The smallest absolute Gasteiger partial charge is 0.325 e. The molecule has 0 unspecified atom stereocenters. The van der Waals surface area contributed by atoms with Crippen molar-refractivity contribution in [3.8, 4) is 0 Å². The summed E-state index contributed by atoms with van der Waals surface area (Å²) in [4.78, 5) is 11.2. The van der Waals surface area contributed by atoms with Crippen LogP contribution in [0.4, 0.5) is 10.1 Å². The second-order valence-corrected chi connectivity index (χ2v) is 3.99. The summed E-state index contributed by atoms with van der Waals surface area (Å²) in [5, 5.41) is 3.06. The lowest BCUT2D eigenvalue weighted by Crippen LogP contribution is -2.17. The molecule has 0 aliphatic heterocycles. The highest BCUT2D eigenvalue weighted by Crippen LogP contribution is 2.19. The predicted octanol–water partition coefficient (Wildman–Crippen LogP) is 3.23. The number of nitrogens with one attached hydrogen (secondary N) is 1. The standard InChI is InChI=1S/C12H15ClFNO2/c1-2-3-6-17-12(16)8-15-11-7-9(13)4-5-10(11)14/h4-5,7,15H,2-3,6,8H2,1H3. The summed E-state index contributed by atoms with van der Waals surface area (Å²) in [5.41, 5.74) is 0.199. The molecule has 0 spiro atoms. The third kappa shape index (κ3) is 5.04. The number of halogens is 2. The molecular weight excluding hydrogens is 245 g/mol. The van der Waals surface area contributed by atoms with Crippen molar-refractivity contribution in [1.82, 2.24) is 0 Å². The second kappa shape index (κ2) is 7.12. The van der Waals surface area contributed by atoms with Crippen molar-refractivity contribution in [2.75, 3.05) is 18.5 Å². The van der Waals surface area contributed by atoms with Crippen LogP contribution in [0.25, 0.3) is 0 Å². The molecular formula is C12H15ClFNO2. The number of ether oxygens (including phenoxy) is 1. The molecule has 1 rings (SSSR count). The molecule has 0 bridgehead atoms. The summed E-state index contributed by atoms with van der Waals surface area (Å²) < 4.78 is 18.2. The quantitative estimate of drug-likeness (QED) is 0.630. The minimum Gasteiger partial charge on any atom is -0.464 e. The Bertz CT molecular complexity index is 385. The molecule has 0 saturated carbocycles. The van der Waals surface area contributed by atoms with Gasteiger partial charge >= 0.3 is 5.97 Å². The fourth-order valence-electron chi connectivity index (χ4n) is 1.18. The van der Waals surface area contributed by atoms with Crippen LogP contribution in [0.3, 0.4) is 0 Å². The average molecular weight is 260 g/mol. The van der Waals surface area contributed by atoms with Gasteiger partial charge in [0.05, 0.1) is 12.3 Å². The Kier molecular flexibility index (Phi) is 5.77. The first-order valence-corrected chi connectivity index (χ1v) is 5.86. The lowest BCUT2D eigenvalue weighted by Gasteiger charge is -2.08. The zero-order valence-corrected chi connectivity index (χ0v) is 10.4. The number of rotatable bonds is 6. The molecule has 3 nitrogen and oxygen atoms in total. The first-order chi connectivity index (χ1) is 8.13. The fourth-order valence-corrected chi connectivity index (χ4v) is 1.35. The van der Waals surface area contributed by atoms with Gasteiger partial charge in [0.15, 0.2) is 0 Å². The molecule has 0 heterocycles. The van der Waals surface area contributed by atoms with Gasteiger partial charge in [0.1, 0.15) is 12.4 Å². The molecule has 0 atom stereocenters. The number of carbonyl (C=O) groups is 1. The van der Waals surface area contributed by atoms with Crippen molar-refractivity contribution in [2.45, 2.75) is 19.8 Å². The van der Waals surface area contributed by atoms with Gasteiger partial charge in [0.25, 0.3) is 0 Å².